The molecule has 16 heavy (non-hydrogen) atoms. The molecular formula is C11H13ClO4. The van der Waals surface area contributed by atoms with Crippen LogP contribution in [0.1, 0.15) is 25.0 Å². The Hall–Kier alpha value is -1.26. The van der Waals surface area contributed by atoms with Crippen LogP contribution in [0.4, 0.5) is 0 Å². The monoisotopic (exact) mass is 244 g/mol. The summed E-state index contributed by atoms with van der Waals surface area (Å²) in [6.07, 6.45) is -1.32. The normalized spacial score (nSPS) is 12.2. The van der Waals surface area contributed by atoms with Gasteiger partial charge in [0.1, 0.15) is 5.75 Å². The Labute approximate surface area is 98.4 Å². The SMILES string of the molecule is CCOC(=O)CC(O)c1cccc(Cl)c1O. The fourth-order valence-electron chi connectivity index (χ4n) is 1.29. The minimum atomic E-state index is -1.11. The summed E-state index contributed by atoms with van der Waals surface area (Å²) in [4.78, 5) is 11.1. The van der Waals surface area contributed by atoms with E-state index in [1.54, 1.807) is 13.0 Å². The van der Waals surface area contributed by atoms with E-state index in [1.165, 1.54) is 12.1 Å². The van der Waals surface area contributed by atoms with Crippen LogP contribution in [0.25, 0.3) is 0 Å². The molecular weight excluding hydrogens is 232 g/mol. The van der Waals surface area contributed by atoms with Crippen LogP contribution in [-0.2, 0) is 9.53 Å². The molecule has 0 aromatic heterocycles. The summed E-state index contributed by atoms with van der Waals surface area (Å²) in [5.74, 6) is -0.727. The summed E-state index contributed by atoms with van der Waals surface area (Å²) >= 11 is 5.68. The average molecular weight is 245 g/mol. The van der Waals surface area contributed by atoms with Crippen LogP contribution in [0.15, 0.2) is 18.2 Å². The van der Waals surface area contributed by atoms with Gasteiger partial charge in [0.05, 0.1) is 24.2 Å². The van der Waals surface area contributed by atoms with Gasteiger partial charge in [-0.05, 0) is 13.0 Å². The van der Waals surface area contributed by atoms with Gasteiger partial charge in [0.25, 0.3) is 0 Å². The zero-order chi connectivity index (χ0) is 12.1. The number of phenolic OH excluding ortho intramolecular Hbond substituents is 1. The minimum Gasteiger partial charge on any atom is -0.506 e. The second kappa shape index (κ2) is 5.72. The van der Waals surface area contributed by atoms with Gasteiger partial charge in [-0.3, -0.25) is 4.79 Å². The van der Waals surface area contributed by atoms with Crippen molar-refractivity contribution in [1.82, 2.24) is 0 Å². The molecule has 0 aliphatic carbocycles. The van der Waals surface area contributed by atoms with Gasteiger partial charge in [-0.2, -0.15) is 0 Å². The maximum atomic E-state index is 11.1. The molecule has 0 heterocycles. The van der Waals surface area contributed by atoms with Crippen molar-refractivity contribution in [2.45, 2.75) is 19.4 Å². The lowest BCUT2D eigenvalue weighted by Gasteiger charge is -2.12. The first-order valence-electron chi connectivity index (χ1n) is 4.87. The Bertz CT molecular complexity index is 378. The van der Waals surface area contributed by atoms with Crippen molar-refractivity contribution < 1.29 is 19.7 Å². The Morgan fingerprint density at radius 1 is 1.56 bits per heavy atom. The van der Waals surface area contributed by atoms with Gasteiger partial charge in [0.15, 0.2) is 0 Å². The number of aliphatic hydroxyl groups is 1. The zero-order valence-electron chi connectivity index (χ0n) is 8.81. The van der Waals surface area contributed by atoms with Crippen LogP contribution in [0, 0.1) is 0 Å². The number of benzene rings is 1. The molecule has 1 aromatic rings. The number of carbonyl (C=O) groups excluding carboxylic acids is 1. The topological polar surface area (TPSA) is 66.8 Å². The fraction of sp³-hybridized carbons (Fsp3) is 0.364. The van der Waals surface area contributed by atoms with E-state index in [1.807, 2.05) is 0 Å². The maximum Gasteiger partial charge on any atom is 0.308 e. The van der Waals surface area contributed by atoms with E-state index < -0.39 is 12.1 Å². The Kier molecular flexibility index (Phi) is 4.58. The van der Waals surface area contributed by atoms with Gasteiger partial charge in [0.2, 0.25) is 0 Å². The minimum absolute atomic E-state index is 0.139. The van der Waals surface area contributed by atoms with Crippen molar-refractivity contribution in [3.05, 3.63) is 28.8 Å². The highest BCUT2D eigenvalue weighted by atomic mass is 35.5. The third kappa shape index (κ3) is 3.12. The van der Waals surface area contributed by atoms with E-state index >= 15 is 0 Å². The predicted octanol–water partition coefficient (Wildman–Crippen LogP) is 2.03. The molecule has 0 radical (unpaired) electrons. The molecule has 0 saturated heterocycles. The van der Waals surface area contributed by atoms with Crippen molar-refractivity contribution in [1.29, 1.82) is 0 Å². The number of hydrogen-bond acceptors (Lipinski definition) is 4. The number of phenols is 1. The summed E-state index contributed by atoms with van der Waals surface area (Å²) in [5.41, 5.74) is 0.223. The van der Waals surface area contributed by atoms with E-state index in [4.69, 9.17) is 16.3 Å². The lowest BCUT2D eigenvalue weighted by atomic mass is 10.1. The molecule has 0 saturated carbocycles. The molecule has 2 N–H and O–H groups in total. The number of para-hydroxylation sites is 1. The maximum absolute atomic E-state index is 11.1. The molecule has 1 rings (SSSR count). The highest BCUT2D eigenvalue weighted by Crippen LogP contribution is 2.32. The van der Waals surface area contributed by atoms with Crippen LogP contribution >= 0.6 is 11.6 Å². The van der Waals surface area contributed by atoms with E-state index in [-0.39, 0.29) is 29.4 Å². The van der Waals surface area contributed by atoms with Gasteiger partial charge in [-0.1, -0.05) is 23.7 Å². The quantitative estimate of drug-likeness (QED) is 0.796. The number of carbonyl (C=O) groups is 1. The highest BCUT2D eigenvalue weighted by molar-refractivity contribution is 6.32. The molecule has 1 atom stereocenters. The third-order valence-electron chi connectivity index (χ3n) is 2.04. The molecule has 0 aliphatic rings. The number of aliphatic hydroxyl groups excluding tert-OH is 1. The Morgan fingerprint density at radius 2 is 2.25 bits per heavy atom. The van der Waals surface area contributed by atoms with Crippen LogP contribution in [0.5, 0.6) is 5.75 Å². The lowest BCUT2D eigenvalue weighted by Crippen LogP contribution is -2.10. The largest absolute Gasteiger partial charge is 0.506 e. The molecule has 88 valence electrons. The van der Waals surface area contributed by atoms with Gasteiger partial charge >= 0.3 is 5.97 Å². The lowest BCUT2D eigenvalue weighted by molar-refractivity contribution is -0.145. The first kappa shape index (κ1) is 12.8. The number of esters is 1. The molecule has 0 spiro atoms. The molecule has 0 fully saturated rings. The Morgan fingerprint density at radius 3 is 2.88 bits per heavy atom. The molecule has 4 nitrogen and oxygen atoms in total. The van der Waals surface area contributed by atoms with Gasteiger partial charge in [0, 0.05) is 5.56 Å². The summed E-state index contributed by atoms with van der Waals surface area (Å²) < 4.78 is 4.69. The summed E-state index contributed by atoms with van der Waals surface area (Å²) in [6.45, 7) is 1.94. The number of ether oxygens (including phenoxy) is 1. The van der Waals surface area contributed by atoms with Crippen LogP contribution in [-0.4, -0.2) is 22.8 Å². The Balaban J connectivity index is 2.76. The molecule has 5 heteroatoms. The molecule has 0 bridgehead atoms. The smallest absolute Gasteiger partial charge is 0.308 e. The van der Waals surface area contributed by atoms with Crippen molar-refractivity contribution in [3.8, 4) is 5.75 Å². The summed E-state index contributed by atoms with van der Waals surface area (Å²) in [5, 5.41) is 19.4. The molecule has 0 aliphatic heterocycles. The van der Waals surface area contributed by atoms with Crippen molar-refractivity contribution in [2.75, 3.05) is 6.61 Å². The number of halogens is 1. The van der Waals surface area contributed by atoms with Gasteiger partial charge in [-0.15, -0.1) is 0 Å². The number of rotatable bonds is 4. The standard InChI is InChI=1S/C11H13ClO4/c1-2-16-10(14)6-9(13)7-4-3-5-8(12)11(7)15/h3-5,9,13,15H,2,6H2,1H3. The van der Waals surface area contributed by atoms with Crippen LogP contribution < -0.4 is 0 Å². The first-order chi connectivity index (χ1) is 7.56. The second-order valence-electron chi connectivity index (χ2n) is 3.20. The van der Waals surface area contributed by atoms with Gasteiger partial charge in [-0.25, -0.2) is 0 Å². The van der Waals surface area contributed by atoms with E-state index in [0.717, 1.165) is 0 Å². The molecule has 1 unspecified atom stereocenters. The number of hydrogen-bond donors (Lipinski definition) is 2. The summed E-state index contributed by atoms with van der Waals surface area (Å²) in [7, 11) is 0. The summed E-state index contributed by atoms with van der Waals surface area (Å²) in [6, 6.07) is 4.59. The van der Waals surface area contributed by atoms with Crippen molar-refractivity contribution >= 4 is 17.6 Å². The fourth-order valence-corrected chi connectivity index (χ4v) is 1.47. The zero-order valence-corrected chi connectivity index (χ0v) is 9.57. The van der Waals surface area contributed by atoms with Crippen molar-refractivity contribution in [3.63, 3.8) is 0 Å². The highest BCUT2D eigenvalue weighted by Gasteiger charge is 2.18. The predicted molar refractivity (Wildman–Crippen MR) is 59.3 cm³/mol. The number of aromatic hydroxyl groups is 1. The van der Waals surface area contributed by atoms with E-state index in [0.29, 0.717) is 0 Å². The van der Waals surface area contributed by atoms with Crippen LogP contribution in [0.2, 0.25) is 5.02 Å². The van der Waals surface area contributed by atoms with E-state index in [2.05, 4.69) is 0 Å². The van der Waals surface area contributed by atoms with Gasteiger partial charge < -0.3 is 14.9 Å². The molecule has 1 aromatic carbocycles. The van der Waals surface area contributed by atoms with Crippen LogP contribution in [0.3, 0.4) is 0 Å². The second-order valence-corrected chi connectivity index (χ2v) is 3.61. The average Bonchev–Trinajstić information content (AvgIpc) is 2.22. The third-order valence-corrected chi connectivity index (χ3v) is 2.35. The van der Waals surface area contributed by atoms with E-state index in [9.17, 15) is 15.0 Å². The molecule has 0 amide bonds. The van der Waals surface area contributed by atoms with Crippen molar-refractivity contribution in [2.24, 2.45) is 0 Å². The first-order valence-corrected chi connectivity index (χ1v) is 5.25.